The maximum Gasteiger partial charge on any atom is 0.336 e. The van der Waals surface area contributed by atoms with Gasteiger partial charge in [-0.25, -0.2) is 4.79 Å². The molecule has 0 fully saturated rings. The third-order valence-electron chi connectivity index (χ3n) is 5.22. The van der Waals surface area contributed by atoms with Crippen LogP contribution in [0.1, 0.15) is 46.1 Å². The zero-order valence-corrected chi connectivity index (χ0v) is 19.3. The molecule has 0 aromatic heterocycles. The summed E-state index contributed by atoms with van der Waals surface area (Å²) >= 11 is 0. The summed E-state index contributed by atoms with van der Waals surface area (Å²) in [5, 5.41) is 0. The Kier molecular flexibility index (Phi) is 9.09. The second kappa shape index (κ2) is 11.5. The van der Waals surface area contributed by atoms with Crippen LogP contribution in [0.4, 0.5) is 0 Å². The first-order chi connectivity index (χ1) is 14.9. The van der Waals surface area contributed by atoms with Gasteiger partial charge in [0.2, 0.25) is 0 Å². The van der Waals surface area contributed by atoms with Crippen LogP contribution in [-0.4, -0.2) is 45.1 Å². The van der Waals surface area contributed by atoms with E-state index in [0.29, 0.717) is 54.5 Å². The zero-order chi connectivity index (χ0) is 23.0. The lowest BCUT2D eigenvalue weighted by Crippen LogP contribution is -2.39. The second-order valence-electron chi connectivity index (χ2n) is 7.53. The number of aliphatic imine (C=N–C) groups is 1. The number of carbonyl (C=O) groups excluding carboxylic acids is 2. The lowest BCUT2D eigenvalue weighted by atomic mass is 9.76. The molecule has 1 aromatic rings. The van der Waals surface area contributed by atoms with Crippen molar-refractivity contribution in [1.29, 1.82) is 0 Å². The Hall–Kier alpha value is -2.83. The van der Waals surface area contributed by atoms with Crippen molar-refractivity contribution < 1.29 is 28.5 Å². The van der Waals surface area contributed by atoms with Gasteiger partial charge in [-0.1, -0.05) is 19.9 Å². The van der Waals surface area contributed by atoms with E-state index in [9.17, 15) is 9.59 Å². The molecule has 7 nitrogen and oxygen atoms in total. The summed E-state index contributed by atoms with van der Waals surface area (Å²) in [6.07, 6.45) is 1.85. The van der Waals surface area contributed by atoms with E-state index >= 15 is 0 Å². The molecule has 0 radical (unpaired) electrons. The highest BCUT2D eigenvalue weighted by Gasteiger charge is 2.41. The maximum absolute atomic E-state index is 13.0. The molecule has 2 atom stereocenters. The maximum atomic E-state index is 13.0. The van der Waals surface area contributed by atoms with E-state index in [1.165, 1.54) is 0 Å². The van der Waals surface area contributed by atoms with Gasteiger partial charge < -0.3 is 18.9 Å². The third-order valence-corrected chi connectivity index (χ3v) is 5.22. The van der Waals surface area contributed by atoms with Crippen molar-refractivity contribution >= 4 is 17.7 Å². The summed E-state index contributed by atoms with van der Waals surface area (Å²) < 4.78 is 21.6. The molecule has 0 spiro atoms. The number of allylic oxidation sites excluding steroid dienone is 1. The molecule has 0 amide bonds. The Morgan fingerprint density at radius 1 is 0.968 bits per heavy atom. The quantitative estimate of drug-likeness (QED) is 0.518. The van der Waals surface area contributed by atoms with Crippen molar-refractivity contribution in [2.75, 3.05) is 27.4 Å². The first kappa shape index (κ1) is 24.4. The van der Waals surface area contributed by atoms with Gasteiger partial charge >= 0.3 is 11.9 Å². The molecule has 1 aromatic carbocycles. The largest absolute Gasteiger partial charge is 0.493 e. The Bertz CT molecular complexity index is 858. The first-order valence-electron chi connectivity index (χ1n) is 10.7. The van der Waals surface area contributed by atoms with Crippen molar-refractivity contribution in [3.8, 4) is 11.5 Å². The molecule has 2 rings (SSSR count). The van der Waals surface area contributed by atoms with Gasteiger partial charge in [0.25, 0.3) is 0 Å². The van der Waals surface area contributed by atoms with E-state index in [4.69, 9.17) is 18.9 Å². The minimum atomic E-state index is -0.660. The smallest absolute Gasteiger partial charge is 0.336 e. The number of nitrogens with zero attached hydrogens (tertiary/aromatic N) is 1. The lowest BCUT2D eigenvalue weighted by Gasteiger charge is -2.31. The fourth-order valence-corrected chi connectivity index (χ4v) is 3.80. The van der Waals surface area contributed by atoms with Crippen LogP contribution in [0.3, 0.4) is 0 Å². The zero-order valence-electron chi connectivity index (χ0n) is 19.3. The van der Waals surface area contributed by atoms with Crippen molar-refractivity contribution in [3.05, 3.63) is 35.0 Å². The highest BCUT2D eigenvalue weighted by molar-refractivity contribution is 6.05. The molecule has 0 saturated carbocycles. The Balaban J connectivity index is 2.48. The highest BCUT2D eigenvalue weighted by Crippen LogP contribution is 2.37. The van der Waals surface area contributed by atoms with E-state index in [1.54, 1.807) is 28.1 Å². The number of esters is 2. The summed E-state index contributed by atoms with van der Waals surface area (Å²) in [6.45, 7) is 8.09. The lowest BCUT2D eigenvalue weighted by molar-refractivity contribution is -0.147. The Labute approximate surface area is 184 Å². The predicted molar refractivity (Wildman–Crippen MR) is 119 cm³/mol. The van der Waals surface area contributed by atoms with Gasteiger partial charge in [0.1, 0.15) is 5.92 Å². The van der Waals surface area contributed by atoms with Crippen molar-refractivity contribution in [1.82, 2.24) is 0 Å². The molecule has 1 heterocycles. The summed E-state index contributed by atoms with van der Waals surface area (Å²) in [4.78, 5) is 30.4. The van der Waals surface area contributed by atoms with Gasteiger partial charge in [-0.2, -0.15) is 0 Å². The van der Waals surface area contributed by atoms with Gasteiger partial charge in [0.15, 0.2) is 11.5 Å². The summed E-state index contributed by atoms with van der Waals surface area (Å²) in [7, 11) is 3.15. The molecule has 1 aliphatic rings. The Morgan fingerprint density at radius 2 is 1.61 bits per heavy atom. The van der Waals surface area contributed by atoms with Gasteiger partial charge in [-0.15, -0.1) is 0 Å². The molecule has 2 unspecified atom stereocenters. The van der Waals surface area contributed by atoms with Crippen LogP contribution in [0.15, 0.2) is 34.5 Å². The van der Waals surface area contributed by atoms with Gasteiger partial charge in [0, 0.05) is 17.3 Å². The van der Waals surface area contributed by atoms with Gasteiger partial charge in [0.05, 0.1) is 33.0 Å². The van der Waals surface area contributed by atoms with E-state index in [0.717, 1.165) is 12.0 Å². The van der Waals surface area contributed by atoms with Gasteiger partial charge in [-0.05, 0) is 50.8 Å². The van der Waals surface area contributed by atoms with E-state index in [2.05, 4.69) is 4.99 Å². The van der Waals surface area contributed by atoms with Gasteiger partial charge in [-0.3, -0.25) is 9.79 Å². The molecular formula is C24H33NO6. The molecule has 0 saturated heterocycles. The van der Waals surface area contributed by atoms with Crippen LogP contribution in [-0.2, 0) is 25.5 Å². The molecule has 170 valence electrons. The molecule has 0 aliphatic carbocycles. The summed E-state index contributed by atoms with van der Waals surface area (Å²) in [5.74, 6) is -0.726. The summed E-state index contributed by atoms with van der Waals surface area (Å²) in [5.41, 5.74) is 2.53. The van der Waals surface area contributed by atoms with Crippen LogP contribution in [0.5, 0.6) is 11.5 Å². The van der Waals surface area contributed by atoms with Crippen molar-refractivity contribution in [3.63, 3.8) is 0 Å². The number of carbonyl (C=O) groups is 2. The fourth-order valence-electron chi connectivity index (χ4n) is 3.80. The van der Waals surface area contributed by atoms with Crippen LogP contribution in [0.2, 0.25) is 0 Å². The predicted octanol–water partition coefficient (Wildman–Crippen LogP) is 4.13. The number of hydrogen-bond donors (Lipinski definition) is 0. The monoisotopic (exact) mass is 431 g/mol. The molecule has 0 bridgehead atoms. The van der Waals surface area contributed by atoms with Crippen LogP contribution >= 0.6 is 0 Å². The van der Waals surface area contributed by atoms with E-state index in [1.807, 2.05) is 32.0 Å². The second-order valence-corrected chi connectivity index (χ2v) is 7.53. The average Bonchev–Trinajstić information content (AvgIpc) is 2.75. The third kappa shape index (κ3) is 5.87. The molecule has 31 heavy (non-hydrogen) atoms. The van der Waals surface area contributed by atoms with E-state index < -0.39 is 17.8 Å². The minimum absolute atomic E-state index is 0.312. The van der Waals surface area contributed by atoms with Crippen molar-refractivity contribution in [2.45, 2.75) is 47.0 Å². The highest BCUT2D eigenvalue weighted by atomic mass is 16.5. The normalized spacial score (nSPS) is 18.3. The Morgan fingerprint density at radius 3 is 2.23 bits per heavy atom. The van der Waals surface area contributed by atoms with Crippen LogP contribution in [0.25, 0.3) is 0 Å². The number of benzene rings is 1. The number of ether oxygens (including phenoxy) is 4. The molecule has 0 N–H and O–H groups in total. The number of methoxy groups -OCH3 is 2. The van der Waals surface area contributed by atoms with E-state index in [-0.39, 0.29) is 5.97 Å². The molecule has 1 aliphatic heterocycles. The van der Waals surface area contributed by atoms with Crippen LogP contribution in [0, 0.1) is 11.8 Å². The summed E-state index contributed by atoms with van der Waals surface area (Å²) in [6, 6.07) is 5.58. The molecule has 7 heteroatoms. The number of rotatable bonds is 10. The van der Waals surface area contributed by atoms with Crippen molar-refractivity contribution in [2.24, 2.45) is 16.8 Å². The standard InChI is InChI=1S/C24H33NO6/c1-7-11-30-23(26)21-15(3)25-16(4)22(24(27)31-12-8-2)18(21)13-17-9-10-19(28-5)20(14-17)29-6/h9-10,14,18,21H,7-8,11-13H2,1-6H3. The minimum Gasteiger partial charge on any atom is -0.493 e. The molecular weight excluding hydrogens is 398 g/mol. The average molecular weight is 432 g/mol. The van der Waals surface area contributed by atoms with Crippen LogP contribution < -0.4 is 9.47 Å². The SMILES string of the molecule is CCCOC(=O)C1=C(C)N=C(C)C(C(=O)OCCC)C1Cc1ccc(OC)c(OC)c1. The fraction of sp³-hybridized carbons (Fsp3) is 0.542. The first-order valence-corrected chi connectivity index (χ1v) is 10.7. The topological polar surface area (TPSA) is 83.4 Å². The number of hydrogen-bond acceptors (Lipinski definition) is 7.